The average molecular weight is 249 g/mol. The molecule has 0 unspecified atom stereocenters. The normalized spacial score (nSPS) is 10.7. The van der Waals surface area contributed by atoms with E-state index in [0.29, 0.717) is 6.42 Å². The van der Waals surface area contributed by atoms with Gasteiger partial charge in [0.25, 0.3) is 0 Å². The number of rotatable bonds is 5. The van der Waals surface area contributed by atoms with E-state index in [1.54, 1.807) is 4.68 Å². The lowest BCUT2D eigenvalue weighted by Gasteiger charge is -2.03. The number of ketones is 1. The van der Waals surface area contributed by atoms with Crippen LogP contribution in [-0.2, 0) is 13.0 Å². The van der Waals surface area contributed by atoms with Gasteiger partial charge >= 0.3 is 0 Å². The van der Waals surface area contributed by atoms with Gasteiger partial charge in [0.05, 0.1) is 11.3 Å². The summed E-state index contributed by atoms with van der Waals surface area (Å²) >= 11 is 1.49. The summed E-state index contributed by atoms with van der Waals surface area (Å²) in [5, 5.41) is 6.06. The Bertz CT molecular complexity index is 515. The van der Waals surface area contributed by atoms with Gasteiger partial charge in [-0.25, -0.2) is 9.67 Å². The van der Waals surface area contributed by atoms with E-state index in [1.165, 1.54) is 17.7 Å². The first-order valence-electron chi connectivity index (χ1n) is 5.66. The van der Waals surface area contributed by atoms with Crippen LogP contribution in [0.5, 0.6) is 0 Å². The topological polar surface area (TPSA) is 47.8 Å². The maximum Gasteiger partial charge on any atom is 0.180 e. The molecule has 90 valence electrons. The minimum absolute atomic E-state index is 0.128. The van der Waals surface area contributed by atoms with E-state index in [-0.39, 0.29) is 5.78 Å². The first kappa shape index (κ1) is 12.0. The molecule has 2 heterocycles. The minimum Gasteiger partial charge on any atom is -0.293 e. The summed E-state index contributed by atoms with van der Waals surface area (Å²) < 4.78 is 1.81. The predicted molar refractivity (Wildman–Crippen MR) is 67.4 cm³/mol. The fourth-order valence-corrected chi connectivity index (χ4v) is 2.57. The van der Waals surface area contributed by atoms with Gasteiger partial charge in [0.1, 0.15) is 12.2 Å². The molecule has 0 aliphatic rings. The zero-order valence-electron chi connectivity index (χ0n) is 10.0. The fourth-order valence-electron chi connectivity index (χ4n) is 1.71. The van der Waals surface area contributed by atoms with Crippen molar-refractivity contribution in [2.75, 3.05) is 0 Å². The van der Waals surface area contributed by atoms with E-state index in [9.17, 15) is 4.79 Å². The molecule has 0 saturated carbocycles. The van der Waals surface area contributed by atoms with Crippen molar-refractivity contribution in [3.63, 3.8) is 0 Å². The van der Waals surface area contributed by atoms with Crippen molar-refractivity contribution in [1.29, 1.82) is 0 Å². The van der Waals surface area contributed by atoms with Gasteiger partial charge in [-0.05, 0) is 30.4 Å². The molecule has 0 N–H and O–H groups in total. The lowest BCUT2D eigenvalue weighted by atomic mass is 10.2. The molecule has 0 aliphatic carbocycles. The second kappa shape index (κ2) is 5.23. The Labute approximate surface area is 104 Å². The van der Waals surface area contributed by atoms with Crippen molar-refractivity contribution in [3.8, 4) is 0 Å². The van der Waals surface area contributed by atoms with Gasteiger partial charge in [-0.3, -0.25) is 4.79 Å². The van der Waals surface area contributed by atoms with E-state index in [0.717, 1.165) is 29.2 Å². The molecule has 17 heavy (non-hydrogen) atoms. The van der Waals surface area contributed by atoms with Crippen molar-refractivity contribution in [2.45, 2.75) is 33.2 Å². The molecular formula is C12H15N3OS. The predicted octanol–water partition coefficient (Wildman–Crippen LogP) is 2.48. The van der Waals surface area contributed by atoms with Gasteiger partial charge in [-0.1, -0.05) is 6.92 Å². The number of aromatic nitrogens is 3. The summed E-state index contributed by atoms with van der Waals surface area (Å²) in [7, 11) is 0. The van der Waals surface area contributed by atoms with Crippen LogP contribution in [0.2, 0.25) is 0 Å². The lowest BCUT2D eigenvalue weighted by molar-refractivity contribution is 0.0992. The molecule has 0 atom stereocenters. The molecule has 2 aromatic heterocycles. The van der Waals surface area contributed by atoms with Gasteiger partial charge < -0.3 is 0 Å². The third kappa shape index (κ3) is 2.61. The van der Waals surface area contributed by atoms with Gasteiger partial charge in [0.2, 0.25) is 0 Å². The quantitative estimate of drug-likeness (QED) is 0.765. The molecule has 0 fully saturated rings. The fraction of sp³-hybridized carbons (Fsp3) is 0.417. The van der Waals surface area contributed by atoms with Gasteiger partial charge in [-0.2, -0.15) is 5.10 Å². The van der Waals surface area contributed by atoms with Crippen molar-refractivity contribution in [3.05, 3.63) is 34.0 Å². The standard InChI is InChI=1S/C12H15N3OS/c1-3-5-15-11(13-8-14-15)7-10(16)12-9(2)4-6-17-12/h4,6,8H,3,5,7H2,1-2H3. The number of nitrogens with zero attached hydrogens (tertiary/aromatic N) is 3. The Hall–Kier alpha value is -1.49. The molecule has 2 aromatic rings. The maximum atomic E-state index is 12.1. The molecule has 2 rings (SSSR count). The van der Waals surface area contributed by atoms with E-state index in [4.69, 9.17) is 0 Å². The van der Waals surface area contributed by atoms with Gasteiger partial charge in [-0.15, -0.1) is 11.3 Å². The average Bonchev–Trinajstić information content (AvgIpc) is 2.89. The van der Waals surface area contributed by atoms with Crippen LogP contribution in [0.15, 0.2) is 17.8 Å². The SMILES string of the molecule is CCCn1ncnc1CC(=O)c1sccc1C. The van der Waals surface area contributed by atoms with Crippen LogP contribution in [-0.4, -0.2) is 20.5 Å². The van der Waals surface area contributed by atoms with Crippen molar-refractivity contribution in [1.82, 2.24) is 14.8 Å². The summed E-state index contributed by atoms with van der Waals surface area (Å²) in [4.78, 5) is 17.1. The molecular weight excluding hydrogens is 234 g/mol. The van der Waals surface area contributed by atoms with Crippen LogP contribution in [0, 0.1) is 6.92 Å². The molecule has 0 aliphatic heterocycles. The van der Waals surface area contributed by atoms with E-state index in [1.807, 2.05) is 18.4 Å². The van der Waals surface area contributed by atoms with Crippen LogP contribution in [0.1, 0.15) is 34.4 Å². The summed E-state index contributed by atoms with van der Waals surface area (Å²) in [5.41, 5.74) is 1.04. The highest BCUT2D eigenvalue weighted by Gasteiger charge is 2.14. The van der Waals surface area contributed by atoms with E-state index in [2.05, 4.69) is 17.0 Å². The van der Waals surface area contributed by atoms with Gasteiger partial charge in [0, 0.05) is 6.54 Å². The second-order valence-electron chi connectivity index (χ2n) is 3.93. The second-order valence-corrected chi connectivity index (χ2v) is 4.85. The Balaban J connectivity index is 2.13. The van der Waals surface area contributed by atoms with Crippen LogP contribution in [0.4, 0.5) is 0 Å². The Morgan fingerprint density at radius 2 is 2.35 bits per heavy atom. The van der Waals surface area contributed by atoms with Crippen molar-refractivity contribution < 1.29 is 4.79 Å². The van der Waals surface area contributed by atoms with Crippen LogP contribution < -0.4 is 0 Å². The molecule has 0 aromatic carbocycles. The highest BCUT2D eigenvalue weighted by atomic mass is 32.1. The highest BCUT2D eigenvalue weighted by Crippen LogP contribution is 2.17. The summed E-state index contributed by atoms with van der Waals surface area (Å²) in [6.45, 7) is 4.85. The summed E-state index contributed by atoms with van der Waals surface area (Å²) in [6.07, 6.45) is 2.84. The Kier molecular flexibility index (Phi) is 3.68. The van der Waals surface area contributed by atoms with Crippen molar-refractivity contribution >= 4 is 17.1 Å². The zero-order valence-corrected chi connectivity index (χ0v) is 10.8. The maximum absolute atomic E-state index is 12.1. The molecule has 0 amide bonds. The molecule has 0 spiro atoms. The van der Waals surface area contributed by atoms with Crippen LogP contribution in [0.3, 0.4) is 0 Å². The molecule has 0 bridgehead atoms. The smallest absolute Gasteiger partial charge is 0.180 e. The largest absolute Gasteiger partial charge is 0.293 e. The molecule has 5 heteroatoms. The van der Waals surface area contributed by atoms with Gasteiger partial charge in [0.15, 0.2) is 5.78 Å². The molecule has 0 saturated heterocycles. The number of hydrogen-bond acceptors (Lipinski definition) is 4. The Morgan fingerprint density at radius 3 is 3.00 bits per heavy atom. The molecule has 0 radical (unpaired) electrons. The minimum atomic E-state index is 0.128. The molecule has 4 nitrogen and oxygen atoms in total. The number of hydrogen-bond donors (Lipinski definition) is 0. The number of carbonyl (C=O) groups is 1. The third-order valence-corrected chi connectivity index (χ3v) is 3.62. The Morgan fingerprint density at radius 1 is 1.53 bits per heavy atom. The van der Waals surface area contributed by atoms with Crippen molar-refractivity contribution in [2.24, 2.45) is 0 Å². The van der Waals surface area contributed by atoms with Crippen LogP contribution in [0.25, 0.3) is 0 Å². The summed E-state index contributed by atoms with van der Waals surface area (Å²) in [5.74, 6) is 0.882. The zero-order chi connectivity index (χ0) is 12.3. The van der Waals surface area contributed by atoms with Crippen LogP contribution >= 0.6 is 11.3 Å². The monoisotopic (exact) mass is 249 g/mol. The third-order valence-electron chi connectivity index (χ3n) is 2.57. The number of thiophene rings is 1. The highest BCUT2D eigenvalue weighted by molar-refractivity contribution is 7.12. The van der Waals surface area contributed by atoms with E-state index >= 15 is 0 Å². The summed E-state index contributed by atoms with van der Waals surface area (Å²) in [6, 6.07) is 1.97. The first-order valence-corrected chi connectivity index (χ1v) is 6.54. The first-order chi connectivity index (χ1) is 8.22. The number of Topliss-reactive ketones (excluding diaryl/α,β-unsaturated/α-hetero) is 1. The van der Waals surface area contributed by atoms with E-state index < -0.39 is 0 Å². The number of carbonyl (C=O) groups excluding carboxylic acids is 1. The number of aryl methyl sites for hydroxylation is 2. The lowest BCUT2D eigenvalue weighted by Crippen LogP contribution is -2.11.